The van der Waals surface area contributed by atoms with Crippen molar-refractivity contribution < 1.29 is 9.53 Å². The van der Waals surface area contributed by atoms with Gasteiger partial charge >= 0.3 is 5.97 Å². The lowest BCUT2D eigenvalue weighted by Crippen LogP contribution is -2.15. The number of aliphatic imine (C=N–C) groups is 1. The highest BCUT2D eigenvalue weighted by atomic mass is 16.5. The topological polar surface area (TPSA) is 38.7 Å². The van der Waals surface area contributed by atoms with Crippen LogP contribution in [0.4, 0.5) is 0 Å². The molecule has 1 aromatic rings. The van der Waals surface area contributed by atoms with Gasteiger partial charge in [0.25, 0.3) is 0 Å². The normalized spacial score (nSPS) is 11.6. The Bertz CT molecular complexity index is 382. The highest BCUT2D eigenvalue weighted by Gasteiger charge is 2.10. The summed E-state index contributed by atoms with van der Waals surface area (Å²) in [6.07, 6.45) is 0.279. The summed E-state index contributed by atoms with van der Waals surface area (Å²) in [6, 6.07) is 10.0. The van der Waals surface area contributed by atoms with E-state index in [1.807, 2.05) is 44.2 Å². The van der Waals surface area contributed by atoms with E-state index in [4.69, 9.17) is 0 Å². The van der Waals surface area contributed by atoms with Gasteiger partial charge in [-0.1, -0.05) is 44.2 Å². The number of nitrogens with zero attached hydrogens (tertiary/aromatic N) is 1. The highest BCUT2D eigenvalue weighted by Crippen LogP contribution is 2.07. The van der Waals surface area contributed by atoms with Gasteiger partial charge in [-0.15, -0.1) is 0 Å². The van der Waals surface area contributed by atoms with Gasteiger partial charge in [0, 0.05) is 5.71 Å². The van der Waals surface area contributed by atoms with Gasteiger partial charge in [-0.05, 0) is 11.5 Å². The zero-order valence-electron chi connectivity index (χ0n) is 10.6. The Balaban J connectivity index is 2.67. The fourth-order valence-corrected chi connectivity index (χ4v) is 1.44. The summed E-state index contributed by atoms with van der Waals surface area (Å²) in [6.45, 7) is 4.69. The third-order valence-electron chi connectivity index (χ3n) is 2.53. The van der Waals surface area contributed by atoms with E-state index in [1.54, 1.807) is 0 Å². The second-order valence-corrected chi connectivity index (χ2v) is 4.20. The van der Waals surface area contributed by atoms with Gasteiger partial charge in [-0.2, -0.15) is 0 Å². The Kier molecular flexibility index (Phi) is 5.40. The first-order chi connectivity index (χ1) is 8.13. The first-order valence-corrected chi connectivity index (χ1v) is 5.77. The standard InChI is InChI=1S/C14H19NO2/c1-11(2)13(9-14(16)17-3)15-10-12-7-5-4-6-8-12/h4-8,11H,9-10H2,1-3H3. The highest BCUT2D eigenvalue weighted by molar-refractivity contribution is 5.99. The van der Waals surface area contributed by atoms with Crippen LogP contribution in [0.3, 0.4) is 0 Å². The van der Waals surface area contributed by atoms with Crippen LogP contribution < -0.4 is 0 Å². The van der Waals surface area contributed by atoms with Gasteiger partial charge in [-0.25, -0.2) is 0 Å². The Morgan fingerprint density at radius 2 is 1.94 bits per heavy atom. The number of carbonyl (C=O) groups excluding carboxylic acids is 1. The lowest BCUT2D eigenvalue weighted by atomic mass is 10.1. The number of ether oxygens (including phenoxy) is 1. The van der Waals surface area contributed by atoms with Crippen LogP contribution in [0.5, 0.6) is 0 Å². The fourth-order valence-electron chi connectivity index (χ4n) is 1.44. The summed E-state index contributed by atoms with van der Waals surface area (Å²) < 4.78 is 4.66. The van der Waals surface area contributed by atoms with Crippen molar-refractivity contribution in [2.24, 2.45) is 10.9 Å². The molecule has 0 atom stereocenters. The minimum atomic E-state index is -0.231. The van der Waals surface area contributed by atoms with Crippen LogP contribution in [0.2, 0.25) is 0 Å². The van der Waals surface area contributed by atoms with E-state index in [-0.39, 0.29) is 18.3 Å². The van der Waals surface area contributed by atoms with Crippen molar-refractivity contribution in [2.45, 2.75) is 26.8 Å². The molecule has 0 fully saturated rings. The number of carbonyl (C=O) groups is 1. The molecule has 0 saturated carbocycles. The number of hydrogen-bond donors (Lipinski definition) is 0. The predicted molar refractivity (Wildman–Crippen MR) is 69.1 cm³/mol. The second-order valence-electron chi connectivity index (χ2n) is 4.20. The molecule has 0 aliphatic carbocycles. The Morgan fingerprint density at radius 1 is 1.29 bits per heavy atom. The van der Waals surface area contributed by atoms with Crippen molar-refractivity contribution in [3.8, 4) is 0 Å². The molecule has 0 heterocycles. The fraction of sp³-hybridized carbons (Fsp3) is 0.429. The van der Waals surface area contributed by atoms with Crippen LogP contribution in [0.25, 0.3) is 0 Å². The zero-order chi connectivity index (χ0) is 12.7. The number of hydrogen-bond acceptors (Lipinski definition) is 3. The monoisotopic (exact) mass is 233 g/mol. The summed E-state index contributed by atoms with van der Waals surface area (Å²) >= 11 is 0. The van der Waals surface area contributed by atoms with Crippen molar-refractivity contribution in [3.05, 3.63) is 35.9 Å². The van der Waals surface area contributed by atoms with E-state index in [9.17, 15) is 4.79 Å². The molecule has 1 aromatic carbocycles. The second kappa shape index (κ2) is 6.84. The first-order valence-electron chi connectivity index (χ1n) is 5.77. The largest absolute Gasteiger partial charge is 0.469 e. The van der Waals surface area contributed by atoms with Gasteiger partial charge in [0.15, 0.2) is 0 Å². The van der Waals surface area contributed by atoms with Crippen molar-refractivity contribution in [1.82, 2.24) is 0 Å². The minimum Gasteiger partial charge on any atom is -0.469 e. The molecule has 3 nitrogen and oxygen atoms in total. The molecule has 0 bridgehead atoms. The summed E-state index contributed by atoms with van der Waals surface area (Å²) in [4.78, 5) is 15.7. The van der Waals surface area contributed by atoms with E-state index in [0.29, 0.717) is 6.54 Å². The summed E-state index contributed by atoms with van der Waals surface area (Å²) in [5.74, 6) is 0.0309. The van der Waals surface area contributed by atoms with Gasteiger partial charge in [0.2, 0.25) is 0 Å². The summed E-state index contributed by atoms with van der Waals surface area (Å²) in [7, 11) is 1.40. The van der Waals surface area contributed by atoms with Gasteiger partial charge in [-0.3, -0.25) is 9.79 Å². The van der Waals surface area contributed by atoms with Gasteiger partial charge in [0.1, 0.15) is 0 Å². The summed E-state index contributed by atoms with van der Waals surface area (Å²) in [5.41, 5.74) is 2.04. The predicted octanol–water partition coefficient (Wildman–Crippen LogP) is 2.85. The van der Waals surface area contributed by atoms with E-state index < -0.39 is 0 Å². The maximum absolute atomic E-state index is 11.2. The lowest BCUT2D eigenvalue weighted by molar-refractivity contribution is -0.139. The Morgan fingerprint density at radius 3 is 2.47 bits per heavy atom. The average Bonchev–Trinajstić information content (AvgIpc) is 2.35. The Labute approximate surface area is 103 Å². The molecular weight excluding hydrogens is 214 g/mol. The van der Waals surface area contributed by atoms with Crippen molar-refractivity contribution in [2.75, 3.05) is 7.11 Å². The number of rotatable bonds is 5. The molecule has 0 unspecified atom stereocenters. The average molecular weight is 233 g/mol. The SMILES string of the molecule is COC(=O)CC(=NCc1ccccc1)C(C)C. The third-order valence-corrected chi connectivity index (χ3v) is 2.53. The lowest BCUT2D eigenvalue weighted by Gasteiger charge is -2.09. The minimum absolute atomic E-state index is 0.231. The van der Waals surface area contributed by atoms with Crippen LogP contribution in [0.1, 0.15) is 25.8 Å². The van der Waals surface area contributed by atoms with E-state index >= 15 is 0 Å². The van der Waals surface area contributed by atoms with Crippen molar-refractivity contribution >= 4 is 11.7 Å². The molecule has 17 heavy (non-hydrogen) atoms. The molecule has 0 saturated heterocycles. The van der Waals surface area contributed by atoms with Crippen LogP contribution in [-0.4, -0.2) is 18.8 Å². The summed E-state index contributed by atoms with van der Waals surface area (Å²) in [5, 5.41) is 0. The quantitative estimate of drug-likeness (QED) is 0.579. The van der Waals surface area contributed by atoms with Gasteiger partial charge in [0.05, 0.1) is 20.1 Å². The molecule has 0 aromatic heterocycles. The van der Waals surface area contributed by atoms with Crippen molar-refractivity contribution in [1.29, 1.82) is 0 Å². The van der Waals surface area contributed by atoms with Crippen molar-refractivity contribution in [3.63, 3.8) is 0 Å². The van der Waals surface area contributed by atoms with Crippen LogP contribution in [0, 0.1) is 5.92 Å². The number of esters is 1. The molecule has 92 valence electrons. The molecule has 1 rings (SSSR count). The molecule has 3 heteroatoms. The molecule has 0 aliphatic rings. The van der Waals surface area contributed by atoms with Gasteiger partial charge < -0.3 is 4.74 Å². The maximum Gasteiger partial charge on any atom is 0.311 e. The Hall–Kier alpha value is -1.64. The molecule has 0 spiro atoms. The van der Waals surface area contributed by atoms with Crippen LogP contribution in [0.15, 0.2) is 35.3 Å². The molecular formula is C14H19NO2. The van der Waals surface area contributed by atoms with E-state index in [0.717, 1.165) is 11.3 Å². The molecule has 0 amide bonds. The van der Waals surface area contributed by atoms with Crippen LogP contribution in [-0.2, 0) is 16.1 Å². The maximum atomic E-state index is 11.2. The number of methoxy groups -OCH3 is 1. The third kappa shape index (κ3) is 4.81. The van der Waals surface area contributed by atoms with E-state index in [1.165, 1.54) is 7.11 Å². The zero-order valence-corrected chi connectivity index (χ0v) is 10.6. The first kappa shape index (κ1) is 13.4. The smallest absolute Gasteiger partial charge is 0.311 e. The molecule has 0 aliphatic heterocycles. The van der Waals surface area contributed by atoms with Crippen LogP contribution >= 0.6 is 0 Å². The molecule has 0 N–H and O–H groups in total. The van der Waals surface area contributed by atoms with E-state index in [2.05, 4.69) is 9.73 Å². The molecule has 0 radical (unpaired) electrons. The number of benzene rings is 1.